The van der Waals surface area contributed by atoms with Gasteiger partial charge in [0.05, 0.1) is 18.9 Å². The number of hydrazine groups is 1. The minimum atomic E-state index is -0.0871. The number of ether oxygens (including phenoxy) is 1. The molecule has 1 atom stereocenters. The summed E-state index contributed by atoms with van der Waals surface area (Å²) in [6.45, 7) is 0.773. The van der Waals surface area contributed by atoms with Crippen LogP contribution in [-0.2, 0) is 4.74 Å². The first-order chi connectivity index (χ1) is 8.22. The Morgan fingerprint density at radius 1 is 1.47 bits per heavy atom. The fraction of sp³-hybridized carbons (Fsp3) is 0.333. The van der Waals surface area contributed by atoms with Gasteiger partial charge < -0.3 is 4.74 Å². The van der Waals surface area contributed by atoms with E-state index in [1.807, 2.05) is 18.2 Å². The highest BCUT2D eigenvalue weighted by molar-refractivity contribution is 9.10. The Kier molecular flexibility index (Phi) is 4.45. The van der Waals surface area contributed by atoms with Crippen molar-refractivity contribution in [1.82, 2.24) is 5.43 Å². The zero-order valence-electron chi connectivity index (χ0n) is 9.25. The van der Waals surface area contributed by atoms with Crippen LogP contribution in [0.4, 0.5) is 0 Å². The Balaban J connectivity index is 2.31. The monoisotopic (exact) mass is 316 g/mol. The topological polar surface area (TPSA) is 47.3 Å². The van der Waals surface area contributed by atoms with Crippen LogP contribution in [-0.4, -0.2) is 6.61 Å². The summed E-state index contributed by atoms with van der Waals surface area (Å²) in [5.74, 6) is 5.63. The van der Waals surface area contributed by atoms with Gasteiger partial charge in [-0.25, -0.2) is 5.43 Å². The molecule has 0 saturated carbocycles. The third-order valence-electron chi connectivity index (χ3n) is 2.77. The summed E-state index contributed by atoms with van der Waals surface area (Å²) >= 11 is 9.62. The second-order valence-corrected chi connectivity index (χ2v) is 5.26. The predicted molar refractivity (Wildman–Crippen MR) is 72.5 cm³/mol. The first-order valence-corrected chi connectivity index (χ1v) is 6.61. The maximum Gasteiger partial charge on any atom is 0.0876 e. The van der Waals surface area contributed by atoms with Crippen LogP contribution >= 0.6 is 27.5 Å². The lowest BCUT2D eigenvalue weighted by Gasteiger charge is -2.23. The number of rotatable bonds is 3. The highest BCUT2D eigenvalue weighted by Gasteiger charge is 2.20. The van der Waals surface area contributed by atoms with Gasteiger partial charge in [0.25, 0.3) is 0 Å². The van der Waals surface area contributed by atoms with Gasteiger partial charge in [0.2, 0.25) is 0 Å². The third kappa shape index (κ3) is 3.01. The summed E-state index contributed by atoms with van der Waals surface area (Å²) in [6, 6.07) is 5.70. The Morgan fingerprint density at radius 2 is 2.29 bits per heavy atom. The molecule has 1 aliphatic heterocycles. The summed E-state index contributed by atoms with van der Waals surface area (Å²) in [5, 5.41) is 0.689. The van der Waals surface area contributed by atoms with E-state index in [9.17, 15) is 0 Å². The lowest BCUT2D eigenvalue weighted by atomic mass is 9.96. The van der Waals surface area contributed by atoms with Gasteiger partial charge in [0.15, 0.2) is 0 Å². The van der Waals surface area contributed by atoms with Crippen molar-refractivity contribution >= 4 is 27.5 Å². The molecule has 2 rings (SSSR count). The predicted octanol–water partition coefficient (Wildman–Crippen LogP) is 3.30. The molecular weight excluding hydrogens is 304 g/mol. The maximum absolute atomic E-state index is 6.23. The van der Waals surface area contributed by atoms with Crippen molar-refractivity contribution in [2.45, 2.75) is 18.9 Å². The number of hydrogen-bond donors (Lipinski definition) is 2. The van der Waals surface area contributed by atoms with Crippen molar-refractivity contribution in [2.75, 3.05) is 6.61 Å². The van der Waals surface area contributed by atoms with Gasteiger partial charge in [-0.2, -0.15) is 0 Å². The Hall–Kier alpha value is -0.550. The Morgan fingerprint density at radius 3 is 2.88 bits per heavy atom. The molecule has 1 unspecified atom stereocenters. The molecule has 5 heteroatoms. The summed E-state index contributed by atoms with van der Waals surface area (Å²) in [7, 11) is 0. The van der Waals surface area contributed by atoms with Crippen molar-refractivity contribution in [3.05, 3.63) is 45.1 Å². The molecule has 1 aliphatic rings. The van der Waals surface area contributed by atoms with Gasteiger partial charge in [0, 0.05) is 9.50 Å². The molecule has 3 nitrogen and oxygen atoms in total. The first-order valence-electron chi connectivity index (χ1n) is 5.44. The van der Waals surface area contributed by atoms with Crippen LogP contribution in [0.3, 0.4) is 0 Å². The van der Waals surface area contributed by atoms with Gasteiger partial charge in [-0.3, -0.25) is 5.84 Å². The quantitative estimate of drug-likeness (QED) is 0.664. The lowest BCUT2D eigenvalue weighted by molar-refractivity contribution is 0.219. The van der Waals surface area contributed by atoms with Crippen LogP contribution in [0, 0.1) is 0 Å². The van der Waals surface area contributed by atoms with Crippen LogP contribution in [0.2, 0.25) is 5.02 Å². The third-order valence-corrected chi connectivity index (χ3v) is 3.59. The smallest absolute Gasteiger partial charge is 0.0876 e. The number of hydrogen-bond acceptors (Lipinski definition) is 3. The van der Waals surface area contributed by atoms with Crippen LogP contribution < -0.4 is 11.3 Å². The van der Waals surface area contributed by atoms with Crippen LogP contribution in [0.5, 0.6) is 0 Å². The van der Waals surface area contributed by atoms with Gasteiger partial charge in [-0.15, -0.1) is 0 Å². The zero-order valence-corrected chi connectivity index (χ0v) is 11.6. The summed E-state index contributed by atoms with van der Waals surface area (Å²) in [6.07, 6.45) is 3.77. The van der Waals surface area contributed by atoms with Crippen LogP contribution in [0.15, 0.2) is 34.5 Å². The molecule has 17 heavy (non-hydrogen) atoms. The summed E-state index contributed by atoms with van der Waals surface area (Å²) in [5.41, 5.74) is 4.89. The van der Waals surface area contributed by atoms with Crippen molar-refractivity contribution in [3.8, 4) is 0 Å². The van der Waals surface area contributed by atoms with Crippen LogP contribution in [0.25, 0.3) is 0 Å². The van der Waals surface area contributed by atoms with E-state index in [-0.39, 0.29) is 6.04 Å². The zero-order chi connectivity index (χ0) is 12.3. The largest absolute Gasteiger partial charge is 0.501 e. The molecule has 0 amide bonds. The second kappa shape index (κ2) is 5.87. The van der Waals surface area contributed by atoms with Crippen molar-refractivity contribution in [3.63, 3.8) is 0 Å². The molecule has 1 heterocycles. The van der Waals surface area contributed by atoms with E-state index in [0.29, 0.717) is 5.02 Å². The van der Waals surface area contributed by atoms with Gasteiger partial charge in [-0.1, -0.05) is 33.6 Å². The molecule has 0 aliphatic carbocycles. The minimum absolute atomic E-state index is 0.0871. The molecule has 0 spiro atoms. The van der Waals surface area contributed by atoms with Gasteiger partial charge >= 0.3 is 0 Å². The molecule has 0 radical (unpaired) electrons. The molecule has 0 bridgehead atoms. The van der Waals surface area contributed by atoms with E-state index in [4.69, 9.17) is 22.2 Å². The number of nitrogens with one attached hydrogen (secondary N) is 1. The standard InChI is InChI=1S/C12H14BrClN2O/c13-9-3-4-10(11(14)6-9)12(16-15)8-2-1-5-17-7-8/h3-4,6-7,12,16H,1-2,5,15H2. The fourth-order valence-electron chi connectivity index (χ4n) is 1.93. The highest BCUT2D eigenvalue weighted by atomic mass is 79.9. The SMILES string of the molecule is NNC(C1=COCCC1)c1ccc(Br)cc1Cl. The van der Waals surface area contributed by atoms with Gasteiger partial charge in [-0.05, 0) is 36.1 Å². The average Bonchev–Trinajstić information content (AvgIpc) is 2.34. The number of halogens is 2. The van der Waals surface area contributed by atoms with Gasteiger partial charge in [0.1, 0.15) is 0 Å². The molecular formula is C12H14BrClN2O. The first kappa shape index (κ1) is 12.9. The normalized spacial score (nSPS) is 17.2. The fourth-order valence-corrected chi connectivity index (χ4v) is 2.71. The van der Waals surface area contributed by atoms with Crippen LogP contribution in [0.1, 0.15) is 24.4 Å². The minimum Gasteiger partial charge on any atom is -0.501 e. The average molecular weight is 318 g/mol. The molecule has 1 aromatic rings. The molecule has 0 saturated heterocycles. The summed E-state index contributed by atoms with van der Waals surface area (Å²) < 4.78 is 6.29. The van der Waals surface area contributed by atoms with E-state index in [1.165, 1.54) is 0 Å². The number of nitrogens with two attached hydrogens (primary N) is 1. The summed E-state index contributed by atoms with van der Waals surface area (Å²) in [4.78, 5) is 0. The highest BCUT2D eigenvalue weighted by Crippen LogP contribution is 2.32. The van der Waals surface area contributed by atoms with E-state index in [0.717, 1.165) is 35.1 Å². The molecule has 92 valence electrons. The second-order valence-electron chi connectivity index (χ2n) is 3.93. The lowest BCUT2D eigenvalue weighted by Crippen LogP contribution is -2.30. The maximum atomic E-state index is 6.23. The molecule has 0 fully saturated rings. The van der Waals surface area contributed by atoms with E-state index in [2.05, 4.69) is 21.4 Å². The van der Waals surface area contributed by atoms with E-state index in [1.54, 1.807) is 6.26 Å². The Labute approximate surface area is 114 Å². The van der Waals surface area contributed by atoms with E-state index >= 15 is 0 Å². The van der Waals surface area contributed by atoms with E-state index < -0.39 is 0 Å². The van der Waals surface area contributed by atoms with Crippen molar-refractivity contribution in [1.29, 1.82) is 0 Å². The molecule has 0 aromatic heterocycles. The number of benzene rings is 1. The Bertz CT molecular complexity index is 437. The van der Waals surface area contributed by atoms with Crippen molar-refractivity contribution in [2.24, 2.45) is 5.84 Å². The van der Waals surface area contributed by atoms with Crippen molar-refractivity contribution < 1.29 is 4.74 Å². The molecule has 3 N–H and O–H groups in total. The molecule has 1 aromatic carbocycles.